The molecule has 1 unspecified atom stereocenters. The molecule has 0 bridgehead atoms. The Kier molecular flexibility index (Phi) is 4.76. The maximum atomic E-state index is 12.4. The fourth-order valence-corrected chi connectivity index (χ4v) is 2.59. The van der Waals surface area contributed by atoms with E-state index in [2.05, 4.69) is 31.0 Å². The van der Waals surface area contributed by atoms with Gasteiger partial charge in [0.2, 0.25) is 0 Å². The third kappa shape index (κ3) is 3.44. The molecular weight excluding hydrogens is 234 g/mol. The average Bonchev–Trinajstić information content (AvgIpc) is 2.41. The van der Waals surface area contributed by atoms with Crippen LogP contribution < -0.4 is 0 Å². The first kappa shape index (κ1) is 14.3. The minimum atomic E-state index is -0.0203. The van der Waals surface area contributed by atoms with E-state index in [1.54, 1.807) is 0 Å². The van der Waals surface area contributed by atoms with Crippen LogP contribution in [0.1, 0.15) is 49.0 Å². The molecule has 0 radical (unpaired) electrons. The summed E-state index contributed by atoms with van der Waals surface area (Å²) < 4.78 is 0. The smallest absolute Gasteiger partial charge is 0.179 e. The normalized spacial score (nSPS) is 17.3. The van der Waals surface area contributed by atoms with E-state index in [-0.39, 0.29) is 11.8 Å². The molecule has 0 spiro atoms. The number of nitrogens with zero attached hydrogens (tertiary/aromatic N) is 1. The highest BCUT2D eigenvalue weighted by molar-refractivity contribution is 5.99. The van der Waals surface area contributed by atoms with Gasteiger partial charge in [0.05, 0.1) is 6.04 Å². The van der Waals surface area contributed by atoms with Gasteiger partial charge in [-0.15, -0.1) is 0 Å². The Labute approximate surface area is 116 Å². The highest BCUT2D eigenvalue weighted by atomic mass is 16.1. The van der Waals surface area contributed by atoms with E-state index in [0.717, 1.165) is 24.4 Å². The summed E-state index contributed by atoms with van der Waals surface area (Å²) in [5.74, 6) is 1.05. The second-order valence-electron chi connectivity index (χ2n) is 5.83. The summed E-state index contributed by atoms with van der Waals surface area (Å²) in [5, 5.41) is 0. The van der Waals surface area contributed by atoms with Crippen molar-refractivity contribution in [2.45, 2.75) is 45.6 Å². The van der Waals surface area contributed by atoms with Gasteiger partial charge in [0, 0.05) is 12.1 Å². The molecule has 0 N–H and O–H groups in total. The maximum absolute atomic E-state index is 12.4. The Bertz CT molecular complexity index is 419. The number of hydrogen-bond acceptors (Lipinski definition) is 2. The second-order valence-corrected chi connectivity index (χ2v) is 5.83. The number of ketones is 1. The zero-order valence-corrected chi connectivity index (χ0v) is 12.4. The van der Waals surface area contributed by atoms with Gasteiger partial charge < -0.3 is 0 Å². The van der Waals surface area contributed by atoms with Crippen molar-refractivity contribution >= 4 is 5.78 Å². The highest BCUT2D eigenvalue weighted by Crippen LogP contribution is 2.27. The first-order valence-corrected chi connectivity index (χ1v) is 7.45. The molecule has 104 valence electrons. The molecule has 1 fully saturated rings. The Balaban J connectivity index is 1.96. The van der Waals surface area contributed by atoms with Crippen LogP contribution in [-0.4, -0.2) is 30.3 Å². The van der Waals surface area contributed by atoms with Crippen molar-refractivity contribution in [2.75, 3.05) is 13.6 Å². The van der Waals surface area contributed by atoms with Crippen molar-refractivity contribution in [1.82, 2.24) is 4.90 Å². The van der Waals surface area contributed by atoms with Crippen molar-refractivity contribution in [3.8, 4) is 0 Å². The average molecular weight is 259 g/mol. The standard InChI is InChI=1S/C17H25NO/c1-4-14-8-10-16(11-9-14)17(19)13(2)18(3)12-15-6-5-7-15/h8-11,13,15H,4-7,12H2,1-3H3. The lowest BCUT2D eigenvalue weighted by Gasteiger charge is -2.32. The largest absolute Gasteiger partial charge is 0.296 e. The van der Waals surface area contributed by atoms with Gasteiger partial charge in [-0.05, 0) is 44.7 Å². The van der Waals surface area contributed by atoms with Crippen molar-refractivity contribution < 1.29 is 4.79 Å². The van der Waals surface area contributed by atoms with E-state index in [4.69, 9.17) is 0 Å². The van der Waals surface area contributed by atoms with E-state index < -0.39 is 0 Å². The van der Waals surface area contributed by atoms with E-state index in [9.17, 15) is 4.79 Å². The van der Waals surface area contributed by atoms with Gasteiger partial charge in [-0.2, -0.15) is 0 Å². The summed E-state index contributed by atoms with van der Waals surface area (Å²) >= 11 is 0. The third-order valence-corrected chi connectivity index (χ3v) is 4.46. The van der Waals surface area contributed by atoms with Crippen molar-refractivity contribution in [3.05, 3.63) is 35.4 Å². The Morgan fingerprint density at radius 3 is 2.42 bits per heavy atom. The van der Waals surface area contributed by atoms with E-state index >= 15 is 0 Å². The minimum Gasteiger partial charge on any atom is -0.296 e. The zero-order valence-electron chi connectivity index (χ0n) is 12.4. The monoisotopic (exact) mass is 259 g/mol. The van der Waals surface area contributed by atoms with Crippen LogP contribution in [-0.2, 0) is 6.42 Å². The molecule has 1 atom stereocenters. The molecule has 0 aromatic heterocycles. The van der Waals surface area contributed by atoms with Crippen LogP contribution in [0.5, 0.6) is 0 Å². The third-order valence-electron chi connectivity index (χ3n) is 4.46. The molecule has 2 heteroatoms. The number of aryl methyl sites for hydroxylation is 1. The van der Waals surface area contributed by atoms with E-state index in [1.807, 2.05) is 19.1 Å². The van der Waals surface area contributed by atoms with Gasteiger partial charge in [-0.1, -0.05) is 37.6 Å². The maximum Gasteiger partial charge on any atom is 0.179 e. The molecule has 2 rings (SSSR count). The van der Waals surface area contributed by atoms with Crippen LogP contribution in [0.25, 0.3) is 0 Å². The lowest BCUT2D eigenvalue weighted by Crippen LogP contribution is -2.40. The molecular formula is C17H25NO. The number of Topliss-reactive ketones (excluding diaryl/α,β-unsaturated/α-hetero) is 1. The van der Waals surface area contributed by atoms with Crippen molar-refractivity contribution in [3.63, 3.8) is 0 Å². The topological polar surface area (TPSA) is 20.3 Å². The van der Waals surface area contributed by atoms with Crippen LogP contribution in [0.4, 0.5) is 0 Å². The molecule has 0 amide bonds. The van der Waals surface area contributed by atoms with Gasteiger partial charge in [-0.3, -0.25) is 9.69 Å². The van der Waals surface area contributed by atoms with Crippen LogP contribution in [0.15, 0.2) is 24.3 Å². The summed E-state index contributed by atoms with van der Waals surface area (Å²) in [5.41, 5.74) is 2.12. The Morgan fingerprint density at radius 2 is 1.95 bits per heavy atom. The molecule has 19 heavy (non-hydrogen) atoms. The number of likely N-dealkylation sites (N-methyl/N-ethyl adjacent to an activating group) is 1. The van der Waals surface area contributed by atoms with Crippen LogP contribution in [0, 0.1) is 5.92 Å². The number of hydrogen-bond donors (Lipinski definition) is 0. The predicted molar refractivity (Wildman–Crippen MR) is 79.6 cm³/mol. The van der Waals surface area contributed by atoms with Crippen LogP contribution in [0.3, 0.4) is 0 Å². The fraction of sp³-hybridized carbons (Fsp3) is 0.588. The summed E-state index contributed by atoms with van der Waals surface area (Å²) in [6.45, 7) is 5.21. The first-order valence-electron chi connectivity index (χ1n) is 7.45. The lowest BCUT2D eigenvalue weighted by atomic mass is 9.85. The van der Waals surface area contributed by atoms with Gasteiger partial charge in [0.25, 0.3) is 0 Å². The molecule has 2 nitrogen and oxygen atoms in total. The fourth-order valence-electron chi connectivity index (χ4n) is 2.59. The van der Waals surface area contributed by atoms with Crippen molar-refractivity contribution in [2.24, 2.45) is 5.92 Å². The summed E-state index contributed by atoms with van der Waals surface area (Å²) in [7, 11) is 2.07. The van der Waals surface area contributed by atoms with Gasteiger partial charge in [0.15, 0.2) is 5.78 Å². The summed E-state index contributed by atoms with van der Waals surface area (Å²) in [6.07, 6.45) is 5.04. The minimum absolute atomic E-state index is 0.0203. The Hall–Kier alpha value is -1.15. The highest BCUT2D eigenvalue weighted by Gasteiger charge is 2.24. The van der Waals surface area contributed by atoms with Gasteiger partial charge in [-0.25, -0.2) is 0 Å². The number of rotatable bonds is 6. The summed E-state index contributed by atoms with van der Waals surface area (Å²) in [4.78, 5) is 14.6. The van der Waals surface area contributed by atoms with Crippen LogP contribution in [0.2, 0.25) is 0 Å². The quantitative estimate of drug-likeness (QED) is 0.728. The SMILES string of the molecule is CCc1ccc(C(=O)C(C)N(C)CC2CCC2)cc1. The molecule has 0 aliphatic heterocycles. The van der Waals surface area contributed by atoms with Crippen molar-refractivity contribution in [1.29, 1.82) is 0 Å². The first-order chi connectivity index (χ1) is 9.11. The number of benzene rings is 1. The molecule has 1 aromatic rings. The summed E-state index contributed by atoms with van der Waals surface area (Å²) in [6, 6.07) is 8.04. The zero-order chi connectivity index (χ0) is 13.8. The molecule has 1 aromatic carbocycles. The van der Waals surface area contributed by atoms with E-state index in [1.165, 1.54) is 24.8 Å². The Morgan fingerprint density at radius 1 is 1.32 bits per heavy atom. The molecule has 1 saturated carbocycles. The van der Waals surface area contributed by atoms with E-state index in [0.29, 0.717) is 0 Å². The number of carbonyl (C=O) groups excluding carboxylic acids is 1. The molecule has 0 saturated heterocycles. The predicted octanol–water partition coefficient (Wildman–Crippen LogP) is 3.55. The molecule has 1 aliphatic rings. The van der Waals surface area contributed by atoms with Gasteiger partial charge >= 0.3 is 0 Å². The molecule has 1 aliphatic carbocycles. The van der Waals surface area contributed by atoms with Crippen LogP contribution >= 0.6 is 0 Å². The number of carbonyl (C=O) groups is 1. The molecule has 0 heterocycles. The second kappa shape index (κ2) is 6.33. The van der Waals surface area contributed by atoms with Gasteiger partial charge in [0.1, 0.15) is 0 Å². The lowest BCUT2D eigenvalue weighted by molar-refractivity contribution is 0.0828.